The lowest BCUT2D eigenvalue weighted by Crippen LogP contribution is -2.31. The van der Waals surface area contributed by atoms with Gasteiger partial charge in [0, 0.05) is 29.2 Å². The standard InChI is InChI=1S/C23H22ClFN4O/c1-3-18-19(24)5-4-6-20(18)26-12-17-11-21(30)29-13-14(2)22(28-23(29)27-17)15-7-9-16(25)10-8-15/h4-11,14,26H,3,12-13H2,1-2H3. The maximum absolute atomic E-state index is 13.3. The summed E-state index contributed by atoms with van der Waals surface area (Å²) in [6, 6.07) is 13.5. The molecule has 5 nitrogen and oxygen atoms in total. The normalized spacial score (nSPS) is 15.5. The maximum atomic E-state index is 13.3. The van der Waals surface area contributed by atoms with E-state index in [4.69, 9.17) is 11.6 Å². The van der Waals surface area contributed by atoms with Gasteiger partial charge in [0.25, 0.3) is 5.56 Å². The van der Waals surface area contributed by atoms with E-state index in [1.54, 1.807) is 16.7 Å². The first-order valence-electron chi connectivity index (χ1n) is 9.92. The molecule has 2 aromatic carbocycles. The third kappa shape index (κ3) is 4.00. The van der Waals surface area contributed by atoms with Crippen LogP contribution in [-0.4, -0.2) is 15.3 Å². The molecule has 1 unspecified atom stereocenters. The number of nitrogens with one attached hydrogen (secondary N) is 1. The molecular weight excluding hydrogens is 403 g/mol. The number of hydrogen-bond donors (Lipinski definition) is 1. The van der Waals surface area contributed by atoms with E-state index in [0.29, 0.717) is 29.8 Å². The third-order valence-corrected chi connectivity index (χ3v) is 5.61. The lowest BCUT2D eigenvalue weighted by atomic mass is 9.97. The van der Waals surface area contributed by atoms with Crippen molar-refractivity contribution >= 4 is 28.9 Å². The fraction of sp³-hybridized carbons (Fsp3) is 0.261. The van der Waals surface area contributed by atoms with Gasteiger partial charge in [0.1, 0.15) is 5.82 Å². The van der Waals surface area contributed by atoms with Crippen LogP contribution in [0.25, 0.3) is 0 Å². The van der Waals surface area contributed by atoms with Crippen molar-refractivity contribution in [2.45, 2.75) is 33.4 Å². The Morgan fingerprint density at radius 2 is 2.00 bits per heavy atom. The van der Waals surface area contributed by atoms with Gasteiger partial charge in [0.2, 0.25) is 5.95 Å². The highest BCUT2D eigenvalue weighted by molar-refractivity contribution is 6.31. The van der Waals surface area contributed by atoms with Gasteiger partial charge in [-0.1, -0.05) is 43.6 Å². The van der Waals surface area contributed by atoms with E-state index < -0.39 is 0 Å². The number of benzene rings is 2. The molecule has 0 fully saturated rings. The molecule has 3 aromatic rings. The first-order chi connectivity index (χ1) is 14.5. The summed E-state index contributed by atoms with van der Waals surface area (Å²) in [6.45, 7) is 4.91. The Balaban J connectivity index is 1.65. The molecule has 0 spiro atoms. The molecule has 1 atom stereocenters. The quantitative estimate of drug-likeness (QED) is 0.628. The van der Waals surface area contributed by atoms with Crippen molar-refractivity contribution in [1.82, 2.24) is 9.55 Å². The Labute approximate surface area is 179 Å². The van der Waals surface area contributed by atoms with Crippen molar-refractivity contribution in [3.8, 4) is 0 Å². The maximum Gasteiger partial charge on any atom is 0.255 e. The third-order valence-electron chi connectivity index (χ3n) is 5.26. The minimum atomic E-state index is -0.293. The van der Waals surface area contributed by atoms with E-state index in [0.717, 1.165) is 28.9 Å². The summed E-state index contributed by atoms with van der Waals surface area (Å²) in [7, 11) is 0. The Bertz CT molecular complexity index is 1170. The summed E-state index contributed by atoms with van der Waals surface area (Å²) in [5.41, 5.74) is 4.06. The van der Waals surface area contributed by atoms with Crippen LogP contribution in [-0.2, 0) is 19.5 Å². The van der Waals surface area contributed by atoms with E-state index in [-0.39, 0.29) is 17.3 Å². The van der Waals surface area contributed by atoms with Crippen LogP contribution in [0, 0.1) is 11.7 Å². The highest BCUT2D eigenvalue weighted by Gasteiger charge is 2.23. The molecule has 1 aromatic heterocycles. The van der Waals surface area contributed by atoms with Crippen molar-refractivity contribution in [2.24, 2.45) is 10.9 Å². The van der Waals surface area contributed by atoms with Crippen molar-refractivity contribution in [3.63, 3.8) is 0 Å². The van der Waals surface area contributed by atoms with Crippen LogP contribution < -0.4 is 10.9 Å². The molecule has 1 aliphatic heterocycles. The van der Waals surface area contributed by atoms with Crippen molar-refractivity contribution in [3.05, 3.63) is 86.5 Å². The molecule has 4 rings (SSSR count). The van der Waals surface area contributed by atoms with Crippen LogP contribution in [0.2, 0.25) is 5.02 Å². The number of aliphatic imine (C=N–C) groups is 1. The second-order valence-electron chi connectivity index (χ2n) is 7.37. The van der Waals surface area contributed by atoms with Gasteiger partial charge in [-0.15, -0.1) is 0 Å². The molecule has 1 aliphatic rings. The number of aromatic nitrogens is 2. The Hall–Kier alpha value is -2.99. The van der Waals surface area contributed by atoms with Gasteiger partial charge < -0.3 is 5.32 Å². The Morgan fingerprint density at radius 3 is 2.73 bits per heavy atom. The zero-order chi connectivity index (χ0) is 21.3. The van der Waals surface area contributed by atoms with Crippen molar-refractivity contribution in [2.75, 3.05) is 5.32 Å². The molecular formula is C23H22ClFN4O. The zero-order valence-corrected chi connectivity index (χ0v) is 17.6. The van der Waals surface area contributed by atoms with E-state index in [2.05, 4.69) is 15.3 Å². The molecule has 0 bridgehead atoms. The summed E-state index contributed by atoms with van der Waals surface area (Å²) >= 11 is 6.28. The van der Waals surface area contributed by atoms with Crippen molar-refractivity contribution in [1.29, 1.82) is 0 Å². The first-order valence-corrected chi connectivity index (χ1v) is 10.3. The number of nitrogens with zero attached hydrogens (tertiary/aromatic N) is 3. The molecule has 154 valence electrons. The average Bonchev–Trinajstić information content (AvgIpc) is 2.73. The van der Waals surface area contributed by atoms with E-state index >= 15 is 0 Å². The van der Waals surface area contributed by atoms with Gasteiger partial charge >= 0.3 is 0 Å². The summed E-state index contributed by atoms with van der Waals surface area (Å²) < 4.78 is 14.9. The lowest BCUT2D eigenvalue weighted by molar-refractivity contribution is 0.555. The summed E-state index contributed by atoms with van der Waals surface area (Å²) in [5.74, 6) is 0.0990. The number of rotatable bonds is 5. The highest BCUT2D eigenvalue weighted by Crippen LogP contribution is 2.26. The van der Waals surface area contributed by atoms with Gasteiger partial charge in [-0.25, -0.2) is 14.4 Å². The first kappa shape index (κ1) is 20.3. The molecule has 1 N–H and O–H groups in total. The monoisotopic (exact) mass is 424 g/mol. The van der Waals surface area contributed by atoms with Gasteiger partial charge in [-0.05, 0) is 41.8 Å². The number of halogens is 2. The van der Waals surface area contributed by atoms with Crippen molar-refractivity contribution < 1.29 is 4.39 Å². The van der Waals surface area contributed by atoms with E-state index in [1.165, 1.54) is 18.2 Å². The molecule has 0 radical (unpaired) electrons. The van der Waals surface area contributed by atoms with Gasteiger partial charge in [-0.2, -0.15) is 0 Å². The van der Waals surface area contributed by atoms with Gasteiger partial charge in [0.05, 0.1) is 18.0 Å². The van der Waals surface area contributed by atoms with Crippen LogP contribution in [0.4, 0.5) is 16.0 Å². The molecule has 0 aliphatic carbocycles. The second-order valence-corrected chi connectivity index (χ2v) is 7.78. The molecule has 0 saturated carbocycles. The average molecular weight is 425 g/mol. The number of hydrogen-bond acceptors (Lipinski definition) is 4. The predicted molar refractivity (Wildman–Crippen MR) is 118 cm³/mol. The minimum Gasteiger partial charge on any atom is -0.379 e. The molecule has 2 heterocycles. The Kier molecular flexibility index (Phi) is 5.68. The topological polar surface area (TPSA) is 59.3 Å². The molecule has 0 amide bonds. The molecule has 0 saturated heterocycles. The SMILES string of the molecule is CCc1c(Cl)cccc1NCc1cc(=O)n2c(n1)N=C(c1ccc(F)cc1)C(C)C2. The van der Waals surface area contributed by atoms with Crippen LogP contribution >= 0.6 is 11.6 Å². The second kappa shape index (κ2) is 8.40. The van der Waals surface area contributed by atoms with Crippen LogP contribution in [0.3, 0.4) is 0 Å². The van der Waals surface area contributed by atoms with Crippen LogP contribution in [0.1, 0.15) is 30.7 Å². The van der Waals surface area contributed by atoms with Gasteiger partial charge in [0.15, 0.2) is 0 Å². The van der Waals surface area contributed by atoms with E-state index in [1.807, 2.05) is 32.0 Å². The van der Waals surface area contributed by atoms with Crippen LogP contribution in [0.15, 0.2) is 58.3 Å². The number of anilines is 1. The predicted octanol–water partition coefficient (Wildman–Crippen LogP) is 4.98. The smallest absolute Gasteiger partial charge is 0.255 e. The lowest BCUT2D eigenvalue weighted by Gasteiger charge is -2.23. The Morgan fingerprint density at radius 1 is 1.23 bits per heavy atom. The molecule has 30 heavy (non-hydrogen) atoms. The fourth-order valence-electron chi connectivity index (χ4n) is 3.70. The summed E-state index contributed by atoms with van der Waals surface area (Å²) in [5, 5.41) is 4.04. The highest BCUT2D eigenvalue weighted by atomic mass is 35.5. The largest absolute Gasteiger partial charge is 0.379 e. The summed E-state index contributed by atoms with van der Waals surface area (Å²) in [6.07, 6.45) is 0.797. The number of fused-ring (bicyclic) bond motifs is 1. The summed E-state index contributed by atoms with van der Waals surface area (Å²) in [4.78, 5) is 21.9. The van der Waals surface area contributed by atoms with E-state index in [9.17, 15) is 9.18 Å². The zero-order valence-electron chi connectivity index (χ0n) is 16.8. The molecule has 7 heteroatoms. The van der Waals surface area contributed by atoms with Gasteiger partial charge in [-0.3, -0.25) is 9.36 Å². The minimum absolute atomic E-state index is 0.0185. The fourth-order valence-corrected chi connectivity index (χ4v) is 4.01. The van der Waals surface area contributed by atoms with Crippen LogP contribution in [0.5, 0.6) is 0 Å².